The van der Waals surface area contributed by atoms with Crippen LogP contribution in [0.1, 0.15) is 12.0 Å². The number of aryl methyl sites for hydroxylation is 1. The summed E-state index contributed by atoms with van der Waals surface area (Å²) in [5.74, 6) is 0. The maximum Gasteiger partial charge on any atom is 0.221 e. The van der Waals surface area contributed by atoms with Gasteiger partial charge >= 0.3 is 0 Å². The summed E-state index contributed by atoms with van der Waals surface area (Å²) in [6.07, 6.45) is 1.06. The highest BCUT2D eigenvalue weighted by Gasteiger charge is 2.08. The fourth-order valence-corrected chi connectivity index (χ4v) is 2.70. The standard InChI is InChI=1S/C17H13ClO/c18-17(19)10-9-16-14-7-3-1-5-12(14)11-13-6-2-4-8-15(13)16/h1-8,11H,9-10H2. The summed E-state index contributed by atoms with van der Waals surface area (Å²) in [6, 6.07) is 18.7. The second kappa shape index (κ2) is 5.02. The molecule has 0 saturated heterocycles. The van der Waals surface area contributed by atoms with Crippen LogP contribution in [-0.2, 0) is 11.2 Å². The van der Waals surface area contributed by atoms with E-state index in [1.54, 1.807) is 0 Å². The Kier molecular flexibility index (Phi) is 3.22. The average molecular weight is 269 g/mol. The van der Waals surface area contributed by atoms with Gasteiger partial charge in [-0.2, -0.15) is 0 Å². The number of halogens is 1. The van der Waals surface area contributed by atoms with Crippen LogP contribution >= 0.6 is 11.6 Å². The SMILES string of the molecule is O=C(Cl)CCc1c2ccccc2cc2ccccc12. The Bertz CT molecular complexity index is 707. The van der Waals surface area contributed by atoms with Crippen LogP contribution in [0.4, 0.5) is 0 Å². The Morgan fingerprint density at radius 3 is 1.95 bits per heavy atom. The molecule has 0 fully saturated rings. The first-order chi connectivity index (χ1) is 9.25. The Morgan fingerprint density at radius 1 is 0.895 bits per heavy atom. The Morgan fingerprint density at radius 2 is 1.42 bits per heavy atom. The lowest BCUT2D eigenvalue weighted by Crippen LogP contribution is -1.94. The maximum atomic E-state index is 11.1. The zero-order valence-corrected chi connectivity index (χ0v) is 11.2. The fraction of sp³-hybridized carbons (Fsp3) is 0.118. The number of rotatable bonds is 3. The molecule has 0 radical (unpaired) electrons. The van der Waals surface area contributed by atoms with Crippen molar-refractivity contribution in [2.75, 3.05) is 0 Å². The third kappa shape index (κ3) is 2.34. The molecule has 0 aliphatic rings. The molecule has 0 aliphatic carbocycles. The minimum Gasteiger partial charge on any atom is -0.281 e. The minimum atomic E-state index is -0.281. The van der Waals surface area contributed by atoms with E-state index >= 15 is 0 Å². The van der Waals surface area contributed by atoms with Crippen LogP contribution in [0.3, 0.4) is 0 Å². The molecule has 0 amide bonds. The monoisotopic (exact) mass is 268 g/mol. The molecule has 0 heterocycles. The first kappa shape index (κ1) is 12.2. The van der Waals surface area contributed by atoms with Gasteiger partial charge in [0.1, 0.15) is 0 Å². The topological polar surface area (TPSA) is 17.1 Å². The van der Waals surface area contributed by atoms with Gasteiger partial charge in [0, 0.05) is 6.42 Å². The Balaban J connectivity index is 2.29. The van der Waals surface area contributed by atoms with Crippen molar-refractivity contribution in [3.8, 4) is 0 Å². The quantitative estimate of drug-likeness (QED) is 0.497. The van der Waals surface area contributed by atoms with Gasteiger partial charge in [0.15, 0.2) is 0 Å². The first-order valence-electron chi connectivity index (χ1n) is 6.33. The van der Waals surface area contributed by atoms with Crippen LogP contribution in [-0.4, -0.2) is 5.24 Å². The highest BCUT2D eigenvalue weighted by Crippen LogP contribution is 2.29. The van der Waals surface area contributed by atoms with Crippen LogP contribution in [0, 0.1) is 0 Å². The first-order valence-corrected chi connectivity index (χ1v) is 6.71. The summed E-state index contributed by atoms with van der Waals surface area (Å²) in [4.78, 5) is 11.1. The average Bonchev–Trinajstić information content (AvgIpc) is 2.43. The van der Waals surface area contributed by atoms with E-state index in [9.17, 15) is 4.79 Å². The molecular weight excluding hydrogens is 256 g/mol. The summed E-state index contributed by atoms with van der Waals surface area (Å²) >= 11 is 5.49. The molecule has 1 nitrogen and oxygen atoms in total. The van der Waals surface area contributed by atoms with Crippen LogP contribution in [0.5, 0.6) is 0 Å². The summed E-state index contributed by atoms with van der Waals surface area (Å²) in [6.45, 7) is 0. The second-order valence-corrected chi connectivity index (χ2v) is 5.07. The van der Waals surface area contributed by atoms with Gasteiger partial charge in [0.05, 0.1) is 0 Å². The van der Waals surface area contributed by atoms with Crippen LogP contribution in [0.2, 0.25) is 0 Å². The zero-order valence-electron chi connectivity index (χ0n) is 10.4. The van der Waals surface area contributed by atoms with Gasteiger partial charge in [-0.3, -0.25) is 4.79 Å². The van der Waals surface area contributed by atoms with Crippen molar-refractivity contribution in [1.82, 2.24) is 0 Å². The van der Waals surface area contributed by atoms with Crippen LogP contribution < -0.4 is 0 Å². The molecule has 0 bridgehead atoms. The largest absolute Gasteiger partial charge is 0.281 e. The van der Waals surface area contributed by atoms with E-state index < -0.39 is 0 Å². The van der Waals surface area contributed by atoms with Gasteiger partial charge in [-0.15, -0.1) is 0 Å². The van der Waals surface area contributed by atoms with Crippen molar-refractivity contribution in [3.05, 3.63) is 60.2 Å². The molecule has 2 heteroatoms. The predicted octanol–water partition coefficient (Wildman–Crippen LogP) is 4.69. The number of hydrogen-bond acceptors (Lipinski definition) is 1. The zero-order chi connectivity index (χ0) is 13.2. The van der Waals surface area contributed by atoms with Crippen molar-refractivity contribution in [2.45, 2.75) is 12.8 Å². The van der Waals surface area contributed by atoms with E-state index in [4.69, 9.17) is 11.6 Å². The third-order valence-corrected chi connectivity index (χ3v) is 3.64. The third-order valence-electron chi connectivity index (χ3n) is 3.45. The van der Waals surface area contributed by atoms with Gasteiger partial charge in [-0.1, -0.05) is 48.5 Å². The van der Waals surface area contributed by atoms with Crippen molar-refractivity contribution in [2.24, 2.45) is 0 Å². The fourth-order valence-electron chi connectivity index (χ4n) is 2.60. The number of hydrogen-bond donors (Lipinski definition) is 0. The minimum absolute atomic E-state index is 0.281. The van der Waals surface area contributed by atoms with E-state index in [1.807, 2.05) is 24.3 Å². The van der Waals surface area contributed by atoms with Gasteiger partial charge in [-0.25, -0.2) is 0 Å². The number of carbonyl (C=O) groups is 1. The summed E-state index contributed by atoms with van der Waals surface area (Å²) < 4.78 is 0. The molecule has 0 atom stereocenters. The number of fused-ring (bicyclic) bond motifs is 2. The molecule has 3 aromatic rings. The van der Waals surface area contributed by atoms with Crippen LogP contribution in [0.25, 0.3) is 21.5 Å². The van der Waals surface area contributed by atoms with Gasteiger partial charge in [-0.05, 0) is 51.2 Å². The van der Waals surface area contributed by atoms with Crippen molar-refractivity contribution in [1.29, 1.82) is 0 Å². The summed E-state index contributed by atoms with van der Waals surface area (Å²) in [5.41, 5.74) is 1.21. The van der Waals surface area contributed by atoms with Crippen molar-refractivity contribution < 1.29 is 4.79 Å². The van der Waals surface area contributed by atoms with E-state index in [0.717, 1.165) is 0 Å². The number of benzene rings is 3. The summed E-state index contributed by atoms with van der Waals surface area (Å²) in [5, 5.41) is 4.55. The van der Waals surface area contributed by atoms with E-state index in [2.05, 4.69) is 30.3 Å². The molecule has 3 rings (SSSR count). The van der Waals surface area contributed by atoms with Crippen molar-refractivity contribution in [3.63, 3.8) is 0 Å². The molecule has 0 spiro atoms. The summed E-state index contributed by atoms with van der Waals surface area (Å²) in [7, 11) is 0. The lowest BCUT2D eigenvalue weighted by molar-refractivity contribution is -0.111. The smallest absolute Gasteiger partial charge is 0.221 e. The molecule has 0 unspecified atom stereocenters. The highest BCUT2D eigenvalue weighted by atomic mass is 35.5. The van der Waals surface area contributed by atoms with Gasteiger partial charge in [0.25, 0.3) is 0 Å². The Labute approximate surface area is 116 Å². The molecule has 0 aromatic heterocycles. The lowest BCUT2D eigenvalue weighted by atomic mass is 9.94. The van der Waals surface area contributed by atoms with Gasteiger partial charge < -0.3 is 0 Å². The van der Waals surface area contributed by atoms with E-state index in [1.165, 1.54) is 27.1 Å². The maximum absolute atomic E-state index is 11.1. The molecule has 3 aromatic carbocycles. The molecule has 0 aliphatic heterocycles. The van der Waals surface area contributed by atoms with E-state index in [-0.39, 0.29) is 5.24 Å². The van der Waals surface area contributed by atoms with Gasteiger partial charge in [0.2, 0.25) is 5.24 Å². The molecular formula is C17H13ClO. The van der Waals surface area contributed by atoms with Crippen LogP contribution in [0.15, 0.2) is 54.6 Å². The lowest BCUT2D eigenvalue weighted by Gasteiger charge is -2.10. The highest BCUT2D eigenvalue weighted by molar-refractivity contribution is 6.63. The normalized spacial score (nSPS) is 11.0. The molecule has 19 heavy (non-hydrogen) atoms. The molecule has 0 N–H and O–H groups in total. The number of carbonyl (C=O) groups excluding carboxylic acids is 1. The molecule has 94 valence electrons. The van der Waals surface area contributed by atoms with Crippen molar-refractivity contribution >= 4 is 38.4 Å². The Hall–Kier alpha value is -1.86. The second-order valence-electron chi connectivity index (χ2n) is 4.65. The predicted molar refractivity (Wildman–Crippen MR) is 80.6 cm³/mol. The molecule has 0 saturated carbocycles. The van der Waals surface area contributed by atoms with E-state index in [0.29, 0.717) is 12.8 Å².